The van der Waals surface area contributed by atoms with Gasteiger partial charge in [-0.2, -0.15) is 0 Å². The molecular formula is C26H34ClF4N3O6. The number of rotatable bonds is 7. The first-order valence-electron chi connectivity index (χ1n) is 13.0. The second-order valence-electron chi connectivity index (χ2n) is 10.9. The maximum atomic E-state index is 13.6. The van der Waals surface area contributed by atoms with Crippen molar-refractivity contribution in [2.45, 2.75) is 95.5 Å². The Morgan fingerprint density at radius 1 is 1.00 bits per heavy atom. The number of hydrogen-bond donors (Lipinski definition) is 2. The van der Waals surface area contributed by atoms with E-state index in [1.165, 1.54) is 17.0 Å². The SMILES string of the molecule is CC(C)(C)OC(=O)N1C[C@@H](NC(=O)COc2ccc(Cl)c(F)c2)CC[C@@H]1C(=O)NC1CCC(OC(F)(F)F)CC1. The molecule has 3 rings (SSSR count). The van der Waals surface area contributed by atoms with Crippen molar-refractivity contribution in [1.82, 2.24) is 15.5 Å². The lowest BCUT2D eigenvalue weighted by Gasteiger charge is -2.40. The zero-order valence-corrected chi connectivity index (χ0v) is 23.2. The van der Waals surface area contributed by atoms with Gasteiger partial charge in [0.2, 0.25) is 5.91 Å². The van der Waals surface area contributed by atoms with Crippen LogP contribution >= 0.6 is 11.6 Å². The average molecular weight is 596 g/mol. The molecule has 2 N–H and O–H groups in total. The number of nitrogens with one attached hydrogen (secondary N) is 2. The van der Waals surface area contributed by atoms with E-state index >= 15 is 0 Å². The van der Waals surface area contributed by atoms with E-state index in [2.05, 4.69) is 15.4 Å². The second kappa shape index (κ2) is 13.2. The third-order valence-electron chi connectivity index (χ3n) is 6.46. The van der Waals surface area contributed by atoms with E-state index < -0.39 is 60.5 Å². The van der Waals surface area contributed by atoms with Crippen LogP contribution in [-0.4, -0.2) is 72.2 Å². The first-order chi connectivity index (χ1) is 18.6. The van der Waals surface area contributed by atoms with Crippen LogP contribution in [-0.2, 0) is 19.1 Å². The van der Waals surface area contributed by atoms with Crippen molar-refractivity contribution in [2.75, 3.05) is 13.2 Å². The number of halogens is 5. The Balaban J connectivity index is 1.57. The Morgan fingerprint density at radius 3 is 2.25 bits per heavy atom. The molecule has 1 saturated carbocycles. The molecule has 0 radical (unpaired) electrons. The highest BCUT2D eigenvalue weighted by atomic mass is 35.5. The summed E-state index contributed by atoms with van der Waals surface area (Å²) in [6, 6.07) is 2.03. The van der Waals surface area contributed by atoms with E-state index in [0.717, 1.165) is 6.07 Å². The van der Waals surface area contributed by atoms with Crippen molar-refractivity contribution in [3.8, 4) is 5.75 Å². The number of carbonyl (C=O) groups excluding carboxylic acids is 3. The molecule has 1 aliphatic heterocycles. The Bertz CT molecular complexity index is 1060. The molecule has 3 amide bonds. The number of amides is 3. The second-order valence-corrected chi connectivity index (χ2v) is 11.3. The van der Waals surface area contributed by atoms with Gasteiger partial charge in [-0.15, -0.1) is 13.2 Å². The number of hydrogen-bond acceptors (Lipinski definition) is 6. The average Bonchev–Trinajstić information content (AvgIpc) is 2.84. The number of likely N-dealkylation sites (tertiary alicyclic amines) is 1. The van der Waals surface area contributed by atoms with Crippen molar-refractivity contribution in [3.05, 3.63) is 29.0 Å². The molecule has 0 spiro atoms. The van der Waals surface area contributed by atoms with Gasteiger partial charge in [-0.1, -0.05) is 11.6 Å². The summed E-state index contributed by atoms with van der Waals surface area (Å²) < 4.78 is 66.0. The normalized spacial score (nSPS) is 23.8. The lowest BCUT2D eigenvalue weighted by molar-refractivity contribution is -0.345. The van der Waals surface area contributed by atoms with Crippen LogP contribution in [0.1, 0.15) is 59.3 Å². The van der Waals surface area contributed by atoms with Crippen LogP contribution in [0.5, 0.6) is 5.75 Å². The van der Waals surface area contributed by atoms with E-state index in [4.69, 9.17) is 21.1 Å². The summed E-state index contributed by atoms with van der Waals surface area (Å²) >= 11 is 5.64. The molecule has 2 atom stereocenters. The fraction of sp³-hybridized carbons (Fsp3) is 0.654. The van der Waals surface area contributed by atoms with Crippen LogP contribution in [0.25, 0.3) is 0 Å². The van der Waals surface area contributed by atoms with Gasteiger partial charge in [0, 0.05) is 24.7 Å². The fourth-order valence-corrected chi connectivity index (χ4v) is 4.80. The number of ether oxygens (including phenoxy) is 3. The van der Waals surface area contributed by atoms with Crippen LogP contribution < -0.4 is 15.4 Å². The molecule has 1 aromatic rings. The van der Waals surface area contributed by atoms with Gasteiger partial charge in [-0.25, -0.2) is 9.18 Å². The van der Waals surface area contributed by atoms with Crippen LogP contribution in [0, 0.1) is 5.82 Å². The number of carbonyl (C=O) groups is 3. The lowest BCUT2D eigenvalue weighted by atomic mass is 9.92. The Labute approximate surface area is 234 Å². The van der Waals surface area contributed by atoms with Crippen LogP contribution in [0.3, 0.4) is 0 Å². The number of nitrogens with zero attached hydrogens (tertiary/aromatic N) is 1. The van der Waals surface area contributed by atoms with Crippen molar-refractivity contribution in [1.29, 1.82) is 0 Å². The van der Waals surface area contributed by atoms with Crippen LogP contribution in [0.2, 0.25) is 5.02 Å². The van der Waals surface area contributed by atoms with Crippen molar-refractivity contribution < 1.29 is 46.2 Å². The molecule has 1 aliphatic carbocycles. The molecular weight excluding hydrogens is 562 g/mol. The van der Waals surface area contributed by atoms with Gasteiger partial charge in [0.1, 0.15) is 23.2 Å². The molecule has 224 valence electrons. The molecule has 40 heavy (non-hydrogen) atoms. The highest BCUT2D eigenvalue weighted by Gasteiger charge is 2.40. The first kappa shape index (κ1) is 31.7. The molecule has 2 aliphatic rings. The van der Waals surface area contributed by atoms with Gasteiger partial charge in [0.15, 0.2) is 6.61 Å². The fourth-order valence-electron chi connectivity index (χ4n) is 4.68. The van der Waals surface area contributed by atoms with E-state index in [0.29, 0.717) is 19.3 Å². The third kappa shape index (κ3) is 9.99. The molecule has 0 bridgehead atoms. The minimum Gasteiger partial charge on any atom is -0.484 e. The first-order valence-corrected chi connectivity index (χ1v) is 13.4. The zero-order chi connectivity index (χ0) is 29.7. The van der Waals surface area contributed by atoms with Gasteiger partial charge in [0.05, 0.1) is 11.1 Å². The largest absolute Gasteiger partial charge is 0.522 e. The summed E-state index contributed by atoms with van der Waals surface area (Å²) in [7, 11) is 0. The van der Waals surface area contributed by atoms with Crippen molar-refractivity contribution >= 4 is 29.5 Å². The van der Waals surface area contributed by atoms with Crippen LogP contribution in [0.15, 0.2) is 18.2 Å². The highest BCUT2D eigenvalue weighted by Crippen LogP contribution is 2.29. The van der Waals surface area contributed by atoms with Gasteiger partial charge in [0.25, 0.3) is 5.91 Å². The Morgan fingerprint density at radius 2 is 1.65 bits per heavy atom. The third-order valence-corrected chi connectivity index (χ3v) is 6.77. The summed E-state index contributed by atoms with van der Waals surface area (Å²) in [6.07, 6.45) is -4.91. The quantitative estimate of drug-likeness (QED) is 0.443. The minimum atomic E-state index is -4.71. The van der Waals surface area contributed by atoms with E-state index in [1.807, 2.05) is 0 Å². The molecule has 0 unspecified atom stereocenters. The molecule has 14 heteroatoms. The maximum Gasteiger partial charge on any atom is 0.522 e. The van der Waals surface area contributed by atoms with E-state index in [-0.39, 0.29) is 42.6 Å². The van der Waals surface area contributed by atoms with Gasteiger partial charge < -0.3 is 20.1 Å². The Hall–Kier alpha value is -2.80. The number of piperidine rings is 1. The predicted molar refractivity (Wildman–Crippen MR) is 136 cm³/mol. The smallest absolute Gasteiger partial charge is 0.484 e. The summed E-state index contributed by atoms with van der Waals surface area (Å²) in [4.78, 5) is 39.9. The molecule has 2 fully saturated rings. The molecule has 9 nitrogen and oxygen atoms in total. The molecule has 1 heterocycles. The monoisotopic (exact) mass is 595 g/mol. The Kier molecular flexibility index (Phi) is 10.5. The van der Waals surface area contributed by atoms with E-state index in [9.17, 15) is 31.9 Å². The van der Waals surface area contributed by atoms with Gasteiger partial charge in [-0.05, 0) is 71.4 Å². The van der Waals surface area contributed by atoms with Crippen molar-refractivity contribution in [3.63, 3.8) is 0 Å². The highest BCUT2D eigenvalue weighted by molar-refractivity contribution is 6.30. The summed E-state index contributed by atoms with van der Waals surface area (Å²) in [5.41, 5.74) is -0.840. The van der Waals surface area contributed by atoms with Gasteiger partial charge in [-0.3, -0.25) is 19.2 Å². The lowest BCUT2D eigenvalue weighted by Crippen LogP contribution is -2.60. The minimum absolute atomic E-state index is 0.0134. The summed E-state index contributed by atoms with van der Waals surface area (Å²) in [5.74, 6) is -1.52. The molecule has 0 aromatic heterocycles. The molecule has 1 saturated heterocycles. The summed E-state index contributed by atoms with van der Waals surface area (Å²) in [6.45, 7) is 4.62. The van der Waals surface area contributed by atoms with Crippen LogP contribution in [0.4, 0.5) is 22.4 Å². The summed E-state index contributed by atoms with van der Waals surface area (Å²) in [5, 5.41) is 5.53. The van der Waals surface area contributed by atoms with Gasteiger partial charge >= 0.3 is 12.5 Å². The van der Waals surface area contributed by atoms with E-state index in [1.54, 1.807) is 20.8 Å². The predicted octanol–water partition coefficient (Wildman–Crippen LogP) is 4.71. The zero-order valence-electron chi connectivity index (χ0n) is 22.5. The number of benzene rings is 1. The van der Waals surface area contributed by atoms with Crippen molar-refractivity contribution in [2.24, 2.45) is 0 Å². The number of alkyl halides is 3. The topological polar surface area (TPSA) is 106 Å². The molecule has 1 aromatic carbocycles. The maximum absolute atomic E-state index is 13.6. The standard InChI is InChI=1S/C26H34ClF4N3O6/c1-25(2,3)40-24(37)34-13-16(32-22(35)14-38-18-9-10-19(27)20(28)12-18)6-11-21(34)23(36)33-15-4-7-17(8-5-15)39-26(29,30)31/h9-10,12,15-17,21H,4-8,11,13-14H2,1-3H3,(H,32,35)(H,33,36)/t15?,16-,17?,21+/m0/s1.